The predicted molar refractivity (Wildman–Crippen MR) is 79.5 cm³/mol. The largest absolute Gasteiger partial charge is 0.481 e. The fraction of sp³-hybridized carbons (Fsp3) is 0.812. The average molecular weight is 297 g/mol. The highest BCUT2D eigenvalue weighted by Crippen LogP contribution is 2.39. The Morgan fingerprint density at radius 2 is 1.95 bits per heavy atom. The van der Waals surface area contributed by atoms with Gasteiger partial charge in [0.1, 0.15) is 0 Å². The van der Waals surface area contributed by atoms with Crippen LogP contribution >= 0.6 is 0 Å². The van der Waals surface area contributed by atoms with E-state index in [4.69, 9.17) is 5.11 Å². The summed E-state index contributed by atoms with van der Waals surface area (Å²) < 4.78 is 0. The van der Waals surface area contributed by atoms with Crippen molar-refractivity contribution in [3.05, 3.63) is 0 Å². The summed E-state index contributed by atoms with van der Waals surface area (Å²) in [6.45, 7) is 8.23. The Kier molecular flexibility index (Phi) is 5.93. The monoisotopic (exact) mass is 297 g/mol. The van der Waals surface area contributed by atoms with Crippen molar-refractivity contribution in [3.8, 4) is 0 Å². The fourth-order valence-corrected chi connectivity index (χ4v) is 2.78. The summed E-state index contributed by atoms with van der Waals surface area (Å²) in [5, 5.41) is 8.73. The number of imide groups is 1. The third-order valence-corrected chi connectivity index (χ3v) is 4.93. The van der Waals surface area contributed by atoms with E-state index in [9.17, 15) is 14.4 Å². The second kappa shape index (κ2) is 7.05. The molecule has 0 spiro atoms. The number of carboxylic acid groups (broad SMARTS) is 1. The Labute approximate surface area is 126 Å². The Balaban J connectivity index is 2.60. The molecule has 120 valence electrons. The number of rotatable bonds is 8. The molecule has 1 heterocycles. The molecule has 1 saturated heterocycles. The minimum Gasteiger partial charge on any atom is -0.481 e. The number of amides is 2. The lowest BCUT2D eigenvalue weighted by molar-refractivity contribution is -0.142. The Morgan fingerprint density at radius 3 is 2.38 bits per heavy atom. The van der Waals surface area contributed by atoms with Gasteiger partial charge in [0.2, 0.25) is 11.8 Å². The molecule has 0 saturated carbocycles. The normalized spacial score (nSPS) is 24.0. The van der Waals surface area contributed by atoms with Gasteiger partial charge in [-0.05, 0) is 31.6 Å². The fourth-order valence-electron chi connectivity index (χ4n) is 2.78. The molecule has 21 heavy (non-hydrogen) atoms. The number of hydrogen-bond acceptors (Lipinski definition) is 3. The maximum Gasteiger partial charge on any atom is 0.303 e. The zero-order valence-electron chi connectivity index (χ0n) is 13.5. The van der Waals surface area contributed by atoms with Crippen molar-refractivity contribution in [2.75, 3.05) is 6.54 Å². The summed E-state index contributed by atoms with van der Waals surface area (Å²) in [7, 11) is 0. The summed E-state index contributed by atoms with van der Waals surface area (Å²) in [5.74, 6) is -0.588. The molecule has 2 amide bonds. The van der Waals surface area contributed by atoms with Gasteiger partial charge in [0, 0.05) is 19.4 Å². The number of aliphatic carboxylic acids is 1. The lowest BCUT2D eigenvalue weighted by Crippen LogP contribution is -2.37. The first kappa shape index (κ1) is 17.7. The first-order valence-electron chi connectivity index (χ1n) is 7.79. The van der Waals surface area contributed by atoms with E-state index in [-0.39, 0.29) is 36.5 Å². The van der Waals surface area contributed by atoms with Gasteiger partial charge < -0.3 is 5.11 Å². The van der Waals surface area contributed by atoms with Crippen LogP contribution in [0.15, 0.2) is 0 Å². The van der Waals surface area contributed by atoms with Crippen LogP contribution in [0.5, 0.6) is 0 Å². The molecular formula is C16H27NO4. The lowest BCUT2D eigenvalue weighted by atomic mass is 9.78. The van der Waals surface area contributed by atoms with Gasteiger partial charge >= 0.3 is 5.97 Å². The van der Waals surface area contributed by atoms with E-state index in [0.717, 1.165) is 6.42 Å². The van der Waals surface area contributed by atoms with Gasteiger partial charge in [-0.3, -0.25) is 19.3 Å². The molecule has 5 heteroatoms. The molecule has 0 bridgehead atoms. The van der Waals surface area contributed by atoms with Crippen molar-refractivity contribution in [1.29, 1.82) is 0 Å². The standard InChI is InChI=1S/C16H27NO4/c1-5-12(6-7-14(19)20)8-9-17-13(18)10-16(4,11(2)3)15(17)21/h11-12H,5-10H2,1-4H3,(H,19,20). The van der Waals surface area contributed by atoms with E-state index in [1.54, 1.807) is 0 Å². The van der Waals surface area contributed by atoms with Crippen molar-refractivity contribution in [3.63, 3.8) is 0 Å². The Bertz CT molecular complexity index is 419. The van der Waals surface area contributed by atoms with Crippen molar-refractivity contribution < 1.29 is 19.5 Å². The maximum atomic E-state index is 12.5. The Morgan fingerprint density at radius 1 is 1.33 bits per heavy atom. The highest BCUT2D eigenvalue weighted by Gasteiger charge is 2.49. The van der Waals surface area contributed by atoms with Crippen molar-refractivity contribution in [2.45, 2.75) is 59.8 Å². The van der Waals surface area contributed by atoms with Crippen molar-refractivity contribution in [2.24, 2.45) is 17.3 Å². The second-order valence-electron chi connectivity index (χ2n) is 6.59. The molecular weight excluding hydrogens is 270 g/mol. The highest BCUT2D eigenvalue weighted by atomic mass is 16.4. The number of carbonyl (C=O) groups is 3. The van der Waals surface area contributed by atoms with Crippen LogP contribution < -0.4 is 0 Å². The van der Waals surface area contributed by atoms with E-state index in [0.29, 0.717) is 19.4 Å². The number of carbonyl (C=O) groups excluding carboxylic acids is 2. The van der Waals surface area contributed by atoms with Crippen LogP contribution in [0.2, 0.25) is 0 Å². The molecule has 0 aliphatic carbocycles. The van der Waals surface area contributed by atoms with Gasteiger partial charge in [0.05, 0.1) is 5.41 Å². The number of likely N-dealkylation sites (tertiary alicyclic amines) is 1. The summed E-state index contributed by atoms with van der Waals surface area (Å²) in [5.41, 5.74) is -0.583. The third kappa shape index (κ3) is 4.05. The quantitative estimate of drug-likeness (QED) is 0.699. The number of nitrogens with zero attached hydrogens (tertiary/aromatic N) is 1. The molecule has 1 fully saturated rings. The molecule has 1 N–H and O–H groups in total. The molecule has 0 aromatic rings. The first-order chi connectivity index (χ1) is 9.72. The Hall–Kier alpha value is -1.39. The van der Waals surface area contributed by atoms with Gasteiger partial charge in [0.15, 0.2) is 0 Å². The van der Waals surface area contributed by atoms with E-state index in [2.05, 4.69) is 0 Å². The van der Waals surface area contributed by atoms with E-state index in [1.807, 2.05) is 27.7 Å². The second-order valence-corrected chi connectivity index (χ2v) is 6.59. The van der Waals surface area contributed by atoms with Crippen LogP contribution in [-0.2, 0) is 14.4 Å². The van der Waals surface area contributed by atoms with Gasteiger partial charge in [-0.2, -0.15) is 0 Å². The van der Waals surface area contributed by atoms with Crippen LogP contribution in [-0.4, -0.2) is 34.3 Å². The summed E-state index contributed by atoms with van der Waals surface area (Å²) in [6, 6.07) is 0. The molecule has 1 aliphatic heterocycles. The molecule has 1 rings (SSSR count). The van der Waals surface area contributed by atoms with Crippen LogP contribution in [0.4, 0.5) is 0 Å². The topological polar surface area (TPSA) is 74.7 Å². The smallest absolute Gasteiger partial charge is 0.303 e. The van der Waals surface area contributed by atoms with Crippen LogP contribution in [0.25, 0.3) is 0 Å². The molecule has 1 aliphatic rings. The summed E-state index contributed by atoms with van der Waals surface area (Å²) in [4.78, 5) is 36.5. The average Bonchev–Trinajstić information content (AvgIpc) is 2.62. The predicted octanol–water partition coefficient (Wildman–Crippen LogP) is 2.69. The van der Waals surface area contributed by atoms with Crippen LogP contribution in [0, 0.1) is 17.3 Å². The molecule has 0 aromatic heterocycles. The zero-order valence-corrected chi connectivity index (χ0v) is 13.5. The zero-order chi connectivity index (χ0) is 16.2. The molecule has 0 radical (unpaired) electrons. The summed E-state index contributed by atoms with van der Waals surface area (Å²) >= 11 is 0. The number of hydrogen-bond donors (Lipinski definition) is 1. The lowest BCUT2D eigenvalue weighted by Gasteiger charge is -2.26. The summed E-state index contributed by atoms with van der Waals surface area (Å²) in [6.07, 6.45) is 2.59. The van der Waals surface area contributed by atoms with Gasteiger partial charge in [0.25, 0.3) is 0 Å². The highest BCUT2D eigenvalue weighted by molar-refractivity contribution is 6.05. The maximum absolute atomic E-state index is 12.5. The van der Waals surface area contributed by atoms with E-state index in [1.165, 1.54) is 4.90 Å². The van der Waals surface area contributed by atoms with Crippen molar-refractivity contribution >= 4 is 17.8 Å². The van der Waals surface area contributed by atoms with Gasteiger partial charge in [-0.1, -0.05) is 27.2 Å². The minimum absolute atomic E-state index is 0.0735. The molecule has 2 atom stereocenters. The molecule has 2 unspecified atom stereocenters. The van der Waals surface area contributed by atoms with E-state index >= 15 is 0 Å². The molecule has 5 nitrogen and oxygen atoms in total. The number of carboxylic acids is 1. The SMILES string of the molecule is CCC(CCC(=O)O)CCN1C(=O)CC(C)(C(C)C)C1=O. The van der Waals surface area contributed by atoms with Crippen molar-refractivity contribution in [1.82, 2.24) is 4.90 Å². The van der Waals surface area contributed by atoms with E-state index < -0.39 is 11.4 Å². The van der Waals surface area contributed by atoms with Gasteiger partial charge in [-0.25, -0.2) is 0 Å². The first-order valence-corrected chi connectivity index (χ1v) is 7.79. The van der Waals surface area contributed by atoms with Crippen LogP contribution in [0.3, 0.4) is 0 Å². The van der Waals surface area contributed by atoms with Crippen LogP contribution in [0.1, 0.15) is 59.8 Å². The molecule has 0 aromatic carbocycles. The minimum atomic E-state index is -0.797. The van der Waals surface area contributed by atoms with Gasteiger partial charge in [-0.15, -0.1) is 0 Å². The third-order valence-electron chi connectivity index (χ3n) is 4.93.